The Balaban J connectivity index is 1.38. The van der Waals surface area contributed by atoms with E-state index in [9.17, 15) is 14.4 Å². The zero-order chi connectivity index (χ0) is 29.5. The Labute approximate surface area is 247 Å². The van der Waals surface area contributed by atoms with Crippen LogP contribution in [0.15, 0.2) is 66.7 Å². The van der Waals surface area contributed by atoms with Crippen molar-refractivity contribution in [3.63, 3.8) is 0 Å². The molecule has 9 nitrogen and oxygen atoms in total. The second-order valence-corrected chi connectivity index (χ2v) is 9.77. The number of ether oxygens (including phenoxy) is 2. The van der Waals surface area contributed by atoms with Gasteiger partial charge in [0.1, 0.15) is 17.9 Å². The van der Waals surface area contributed by atoms with Crippen LogP contribution in [0.2, 0.25) is 10.0 Å². The van der Waals surface area contributed by atoms with E-state index >= 15 is 0 Å². The van der Waals surface area contributed by atoms with Gasteiger partial charge < -0.3 is 25.0 Å². The number of hydrogen-bond acceptors (Lipinski definition) is 6. The van der Waals surface area contributed by atoms with Crippen LogP contribution < -0.4 is 20.3 Å². The molecule has 0 aliphatic heterocycles. The Kier molecular flexibility index (Phi) is 9.65. The summed E-state index contributed by atoms with van der Waals surface area (Å²) in [6.07, 6.45) is 0. The number of pyridine rings is 1. The summed E-state index contributed by atoms with van der Waals surface area (Å²) in [6.45, 7) is 3.65. The van der Waals surface area contributed by atoms with Crippen molar-refractivity contribution >= 4 is 63.4 Å². The number of carbonyl (C=O) groups is 3. The van der Waals surface area contributed by atoms with Crippen LogP contribution in [0.5, 0.6) is 5.75 Å². The molecular weight excluding hydrogens is 567 g/mol. The molecular formula is C30H28Cl2N4O5. The maximum Gasteiger partial charge on any atom is 0.338 e. The van der Waals surface area contributed by atoms with Crippen LogP contribution in [0, 0.1) is 6.92 Å². The molecule has 41 heavy (non-hydrogen) atoms. The highest BCUT2D eigenvalue weighted by atomic mass is 35.5. The number of anilines is 2. The van der Waals surface area contributed by atoms with Gasteiger partial charge >= 0.3 is 12.0 Å². The number of rotatable bonds is 9. The van der Waals surface area contributed by atoms with Gasteiger partial charge in [-0.25, -0.2) is 14.6 Å². The van der Waals surface area contributed by atoms with Gasteiger partial charge in [-0.1, -0.05) is 41.4 Å². The molecule has 3 amide bonds. The van der Waals surface area contributed by atoms with E-state index in [4.69, 9.17) is 32.7 Å². The van der Waals surface area contributed by atoms with Crippen molar-refractivity contribution in [3.8, 4) is 5.75 Å². The fourth-order valence-electron chi connectivity index (χ4n) is 3.95. The lowest BCUT2D eigenvalue weighted by Gasteiger charge is -2.21. The SMILES string of the molecule is CCOC(=O)c1ccc(NC(=O)NCC(=O)N(C)c2ccc(Cl)c(COc3cccc4ccc(C)nc34)c2Cl)cc1. The average molecular weight is 595 g/mol. The summed E-state index contributed by atoms with van der Waals surface area (Å²) in [7, 11) is 1.55. The maximum absolute atomic E-state index is 12.9. The minimum atomic E-state index is -0.592. The predicted molar refractivity (Wildman–Crippen MR) is 160 cm³/mol. The Bertz CT molecular complexity index is 1590. The number of aryl methyl sites for hydroxylation is 1. The van der Waals surface area contributed by atoms with E-state index in [1.165, 1.54) is 17.0 Å². The lowest BCUT2D eigenvalue weighted by molar-refractivity contribution is -0.117. The van der Waals surface area contributed by atoms with Gasteiger partial charge in [0.25, 0.3) is 0 Å². The van der Waals surface area contributed by atoms with E-state index in [0.29, 0.717) is 33.3 Å². The summed E-state index contributed by atoms with van der Waals surface area (Å²) < 4.78 is 11.0. The molecule has 0 fully saturated rings. The van der Waals surface area contributed by atoms with Crippen LogP contribution in [0.25, 0.3) is 10.9 Å². The van der Waals surface area contributed by atoms with Gasteiger partial charge in [-0.2, -0.15) is 0 Å². The molecule has 0 bridgehead atoms. The second-order valence-electron chi connectivity index (χ2n) is 8.99. The van der Waals surface area contributed by atoms with E-state index in [-0.39, 0.29) is 24.8 Å². The molecule has 4 rings (SSSR count). The van der Waals surface area contributed by atoms with Gasteiger partial charge in [0.15, 0.2) is 0 Å². The number of carbonyl (C=O) groups excluding carboxylic acids is 3. The van der Waals surface area contributed by atoms with Gasteiger partial charge in [0.05, 0.1) is 29.4 Å². The number of aromatic nitrogens is 1. The van der Waals surface area contributed by atoms with Crippen molar-refractivity contribution in [2.24, 2.45) is 0 Å². The van der Waals surface area contributed by atoms with Gasteiger partial charge in [-0.3, -0.25) is 4.79 Å². The van der Waals surface area contributed by atoms with Gasteiger partial charge in [-0.05, 0) is 62.4 Å². The topological polar surface area (TPSA) is 110 Å². The Morgan fingerprint density at radius 2 is 1.73 bits per heavy atom. The van der Waals surface area contributed by atoms with Gasteiger partial charge in [0, 0.05) is 34.4 Å². The summed E-state index contributed by atoms with van der Waals surface area (Å²) in [5.74, 6) is -0.282. The molecule has 3 aromatic carbocycles. The molecule has 2 N–H and O–H groups in total. The number of hydrogen-bond donors (Lipinski definition) is 2. The molecule has 0 saturated heterocycles. The molecule has 0 radical (unpaired) electrons. The van der Waals surface area contributed by atoms with Crippen LogP contribution >= 0.6 is 23.2 Å². The first-order valence-electron chi connectivity index (χ1n) is 12.7. The fraction of sp³-hybridized carbons (Fsp3) is 0.200. The van der Waals surface area contributed by atoms with Crippen molar-refractivity contribution < 1.29 is 23.9 Å². The largest absolute Gasteiger partial charge is 0.487 e. The van der Waals surface area contributed by atoms with E-state index in [0.717, 1.165) is 16.6 Å². The highest BCUT2D eigenvalue weighted by Crippen LogP contribution is 2.35. The Morgan fingerprint density at radius 3 is 2.46 bits per heavy atom. The lowest BCUT2D eigenvalue weighted by Crippen LogP contribution is -2.40. The van der Waals surface area contributed by atoms with E-state index in [1.807, 2.05) is 37.3 Å². The number of nitrogens with zero attached hydrogens (tertiary/aromatic N) is 2. The third-order valence-corrected chi connectivity index (χ3v) is 6.93. The summed E-state index contributed by atoms with van der Waals surface area (Å²) in [4.78, 5) is 42.9. The molecule has 0 saturated carbocycles. The van der Waals surface area contributed by atoms with Gasteiger partial charge in [-0.15, -0.1) is 0 Å². The number of likely N-dealkylation sites (N-methyl/N-ethyl adjacent to an activating group) is 1. The number of para-hydroxylation sites is 1. The smallest absolute Gasteiger partial charge is 0.338 e. The van der Waals surface area contributed by atoms with Crippen LogP contribution in [-0.2, 0) is 16.1 Å². The summed E-state index contributed by atoms with van der Waals surface area (Å²) >= 11 is 13.1. The minimum Gasteiger partial charge on any atom is -0.487 e. The van der Waals surface area contributed by atoms with Crippen molar-refractivity contribution in [1.29, 1.82) is 0 Å². The monoisotopic (exact) mass is 594 g/mol. The number of urea groups is 1. The summed E-state index contributed by atoms with van der Waals surface area (Å²) in [5, 5.41) is 6.71. The lowest BCUT2D eigenvalue weighted by atomic mass is 10.1. The van der Waals surface area contributed by atoms with Crippen molar-refractivity contribution in [2.75, 3.05) is 30.4 Å². The Hall–Kier alpha value is -4.34. The molecule has 212 valence electrons. The normalized spacial score (nSPS) is 10.7. The molecule has 4 aromatic rings. The molecule has 0 spiro atoms. The summed E-state index contributed by atoms with van der Waals surface area (Å²) in [6, 6.07) is 18.4. The molecule has 11 heteroatoms. The minimum absolute atomic E-state index is 0.0535. The van der Waals surface area contributed by atoms with Crippen molar-refractivity contribution in [3.05, 3.63) is 93.6 Å². The standard InChI is InChI=1S/C30H28Cl2N4O5/c1-4-40-29(38)20-10-12-21(13-11-20)35-30(39)33-16-26(37)36(3)24-15-14-23(31)22(27(24)32)17-41-25-7-5-6-19-9-8-18(2)34-28(19)25/h5-15H,4,16-17H2,1-3H3,(H2,33,35,39). The average Bonchev–Trinajstić information content (AvgIpc) is 2.96. The number of halogens is 2. The van der Waals surface area contributed by atoms with Crippen molar-refractivity contribution in [2.45, 2.75) is 20.5 Å². The third-order valence-electron chi connectivity index (χ3n) is 6.15. The summed E-state index contributed by atoms with van der Waals surface area (Å²) in [5.41, 5.74) is 3.31. The number of benzene rings is 3. The molecule has 0 unspecified atom stereocenters. The predicted octanol–water partition coefficient (Wildman–Crippen LogP) is 6.39. The number of esters is 1. The zero-order valence-electron chi connectivity index (χ0n) is 22.7. The van der Waals surface area contributed by atoms with Crippen LogP contribution in [-0.4, -0.2) is 43.1 Å². The van der Waals surface area contributed by atoms with Crippen LogP contribution in [0.4, 0.5) is 16.2 Å². The first-order chi connectivity index (χ1) is 19.7. The number of fused-ring (bicyclic) bond motifs is 1. The Morgan fingerprint density at radius 1 is 0.976 bits per heavy atom. The molecule has 1 heterocycles. The molecule has 1 aromatic heterocycles. The first-order valence-corrected chi connectivity index (χ1v) is 13.5. The van der Waals surface area contributed by atoms with Gasteiger partial charge in [0.2, 0.25) is 5.91 Å². The first kappa shape index (κ1) is 29.6. The number of nitrogens with one attached hydrogen (secondary N) is 2. The highest BCUT2D eigenvalue weighted by Gasteiger charge is 2.20. The van der Waals surface area contributed by atoms with E-state index < -0.39 is 17.9 Å². The molecule has 0 atom stereocenters. The second kappa shape index (κ2) is 13.3. The fourth-order valence-corrected chi connectivity index (χ4v) is 4.56. The molecule has 0 aliphatic rings. The van der Waals surface area contributed by atoms with Crippen molar-refractivity contribution in [1.82, 2.24) is 10.3 Å². The number of amides is 3. The molecule has 0 aliphatic carbocycles. The van der Waals surface area contributed by atoms with Crippen LogP contribution in [0.3, 0.4) is 0 Å². The zero-order valence-corrected chi connectivity index (χ0v) is 24.2. The third kappa shape index (κ3) is 7.25. The quantitative estimate of drug-likeness (QED) is 0.217. The van der Waals surface area contributed by atoms with E-state index in [2.05, 4.69) is 15.6 Å². The highest BCUT2D eigenvalue weighted by molar-refractivity contribution is 6.38. The van der Waals surface area contributed by atoms with E-state index in [1.54, 1.807) is 38.2 Å². The van der Waals surface area contributed by atoms with Crippen LogP contribution in [0.1, 0.15) is 28.5 Å². The maximum atomic E-state index is 12.9.